The minimum absolute atomic E-state index is 0.288. The molecule has 1 aliphatic rings. The second-order valence-electron chi connectivity index (χ2n) is 6.13. The first kappa shape index (κ1) is 21.8. The van der Waals surface area contributed by atoms with Crippen molar-refractivity contribution < 1.29 is 19.1 Å². The van der Waals surface area contributed by atoms with Crippen LogP contribution in [-0.2, 0) is 21.9 Å². The predicted octanol–water partition coefficient (Wildman–Crippen LogP) is 3.07. The van der Waals surface area contributed by atoms with Gasteiger partial charge in [-0.3, -0.25) is 4.90 Å². The highest BCUT2D eigenvalue weighted by atomic mass is 35.5. The van der Waals surface area contributed by atoms with Crippen molar-refractivity contribution in [1.29, 1.82) is 0 Å². The highest BCUT2D eigenvalue weighted by molar-refractivity contribution is 6.16. The van der Waals surface area contributed by atoms with Crippen LogP contribution in [0.25, 0.3) is 0 Å². The molecule has 2 aromatic heterocycles. The molecule has 0 bridgehead atoms. The van der Waals surface area contributed by atoms with Crippen LogP contribution in [0.1, 0.15) is 45.2 Å². The number of rotatable bonds is 5. The third-order valence-corrected chi connectivity index (χ3v) is 4.40. The van der Waals surface area contributed by atoms with Crippen LogP contribution < -0.4 is 0 Å². The molecule has 0 aromatic carbocycles. The maximum Gasteiger partial charge on any atom is 0.356 e. The number of alkyl halides is 1. The number of hydrogen-bond acceptors (Lipinski definition) is 7. The van der Waals surface area contributed by atoms with Crippen LogP contribution in [0.4, 0.5) is 0 Å². The van der Waals surface area contributed by atoms with Gasteiger partial charge in [0.2, 0.25) is 0 Å². The first-order chi connectivity index (χ1) is 13.6. The third-order valence-electron chi connectivity index (χ3n) is 4.12. The molecule has 0 spiro atoms. The number of carbonyl (C=O) groups is 2. The molecular formula is C20H24ClN3O4. The quantitative estimate of drug-likeness (QED) is 0.558. The molecule has 0 N–H and O–H groups in total. The van der Waals surface area contributed by atoms with Crippen LogP contribution in [0.2, 0.25) is 0 Å². The van der Waals surface area contributed by atoms with E-state index in [4.69, 9.17) is 11.6 Å². The van der Waals surface area contributed by atoms with Gasteiger partial charge in [0.15, 0.2) is 0 Å². The normalized spacial score (nSPS) is 13.4. The standard InChI is InChI=1S/C12H16N2O2.C8H8ClNO2/c1-16-12(15)11-6-4-5-10(13-11)9-14-7-2-3-8-14;1-12-8(11)7-4-2-3-6(5-9)10-7/h4-6H,2-3,7-9H2,1H3;2-4H,5H2,1H3. The summed E-state index contributed by atoms with van der Waals surface area (Å²) < 4.78 is 9.14. The Kier molecular flexibility index (Phi) is 8.84. The molecule has 3 rings (SSSR count). The number of aromatic nitrogens is 2. The Hall–Kier alpha value is -2.51. The topological polar surface area (TPSA) is 81.6 Å². The lowest BCUT2D eigenvalue weighted by molar-refractivity contribution is 0.0585. The van der Waals surface area contributed by atoms with Crippen LogP contribution in [0.5, 0.6) is 0 Å². The van der Waals surface area contributed by atoms with Gasteiger partial charge < -0.3 is 9.47 Å². The third kappa shape index (κ3) is 6.58. The molecule has 1 aliphatic heterocycles. The number of methoxy groups -OCH3 is 2. The van der Waals surface area contributed by atoms with Crippen molar-refractivity contribution in [3.8, 4) is 0 Å². The van der Waals surface area contributed by atoms with Crippen LogP contribution in [-0.4, -0.2) is 54.1 Å². The summed E-state index contributed by atoms with van der Waals surface area (Å²) in [6.07, 6.45) is 2.52. The first-order valence-corrected chi connectivity index (χ1v) is 9.47. The largest absolute Gasteiger partial charge is 0.464 e. The van der Waals surface area contributed by atoms with E-state index >= 15 is 0 Å². The van der Waals surface area contributed by atoms with Crippen LogP contribution in [0, 0.1) is 0 Å². The summed E-state index contributed by atoms with van der Waals surface area (Å²) in [5.74, 6) is -0.518. The molecule has 3 heterocycles. The molecule has 0 amide bonds. The smallest absolute Gasteiger partial charge is 0.356 e. The second-order valence-corrected chi connectivity index (χ2v) is 6.40. The van der Waals surface area contributed by atoms with Gasteiger partial charge in [-0.15, -0.1) is 11.6 Å². The SMILES string of the molecule is COC(=O)c1cccc(CCl)n1.COC(=O)c1cccc(CN2CCCC2)n1. The summed E-state index contributed by atoms with van der Waals surface area (Å²) in [5, 5.41) is 0. The zero-order valence-electron chi connectivity index (χ0n) is 16.1. The number of hydrogen-bond donors (Lipinski definition) is 0. The van der Waals surface area contributed by atoms with E-state index in [1.165, 1.54) is 27.1 Å². The van der Waals surface area contributed by atoms with Crippen molar-refractivity contribution >= 4 is 23.5 Å². The molecule has 28 heavy (non-hydrogen) atoms. The lowest BCUT2D eigenvalue weighted by Crippen LogP contribution is -2.19. The Bertz CT molecular complexity index is 795. The molecule has 0 atom stereocenters. The van der Waals surface area contributed by atoms with Crippen molar-refractivity contribution in [2.24, 2.45) is 0 Å². The number of pyridine rings is 2. The van der Waals surface area contributed by atoms with E-state index < -0.39 is 5.97 Å². The van der Waals surface area contributed by atoms with Crippen LogP contribution in [0.15, 0.2) is 36.4 Å². The fourth-order valence-electron chi connectivity index (χ4n) is 2.73. The predicted molar refractivity (Wildman–Crippen MR) is 105 cm³/mol. The van der Waals surface area contributed by atoms with Gasteiger partial charge in [-0.05, 0) is 50.2 Å². The van der Waals surface area contributed by atoms with Gasteiger partial charge in [-0.25, -0.2) is 19.6 Å². The van der Waals surface area contributed by atoms with Crippen molar-refractivity contribution in [2.45, 2.75) is 25.3 Å². The van der Waals surface area contributed by atoms with Gasteiger partial charge in [0.05, 0.1) is 31.5 Å². The van der Waals surface area contributed by atoms with Crippen LogP contribution >= 0.6 is 11.6 Å². The highest BCUT2D eigenvalue weighted by Crippen LogP contribution is 2.11. The Balaban J connectivity index is 0.000000209. The maximum absolute atomic E-state index is 11.3. The van der Waals surface area contributed by atoms with Gasteiger partial charge >= 0.3 is 11.9 Å². The lowest BCUT2D eigenvalue weighted by atomic mass is 10.3. The minimum atomic E-state index is -0.443. The van der Waals surface area contributed by atoms with E-state index in [-0.39, 0.29) is 11.7 Å². The summed E-state index contributed by atoms with van der Waals surface area (Å²) >= 11 is 5.53. The molecule has 0 unspecified atom stereocenters. The average molecular weight is 406 g/mol. The Morgan fingerprint density at radius 1 is 0.929 bits per heavy atom. The van der Waals surface area contributed by atoms with Gasteiger partial charge in [-0.2, -0.15) is 0 Å². The molecule has 150 valence electrons. The summed E-state index contributed by atoms with van der Waals surface area (Å²) in [7, 11) is 2.69. The Labute approximate surface area is 169 Å². The van der Waals surface area contributed by atoms with E-state index in [0.717, 1.165) is 25.3 Å². The summed E-state index contributed by atoms with van der Waals surface area (Å²) in [4.78, 5) is 32.9. The molecule has 0 aliphatic carbocycles. The van der Waals surface area contributed by atoms with Gasteiger partial charge in [0, 0.05) is 6.54 Å². The average Bonchev–Trinajstić information content (AvgIpc) is 3.26. The second kappa shape index (κ2) is 11.4. The van der Waals surface area contributed by atoms with Crippen molar-refractivity contribution in [2.75, 3.05) is 27.3 Å². The minimum Gasteiger partial charge on any atom is -0.464 e. The van der Waals surface area contributed by atoms with E-state index in [2.05, 4.69) is 24.3 Å². The molecule has 7 nitrogen and oxygen atoms in total. The molecule has 1 fully saturated rings. The summed E-state index contributed by atoms with van der Waals surface area (Å²) in [5.41, 5.74) is 2.28. The number of carbonyl (C=O) groups excluding carboxylic acids is 2. The molecule has 0 saturated carbocycles. The van der Waals surface area contributed by atoms with Crippen LogP contribution in [0.3, 0.4) is 0 Å². The number of nitrogens with zero attached hydrogens (tertiary/aromatic N) is 3. The Morgan fingerprint density at radius 3 is 1.93 bits per heavy atom. The number of ether oxygens (including phenoxy) is 2. The Morgan fingerprint density at radius 2 is 1.43 bits per heavy atom. The zero-order chi connectivity index (χ0) is 20.4. The van der Waals surface area contributed by atoms with Crippen molar-refractivity contribution in [1.82, 2.24) is 14.9 Å². The van der Waals surface area contributed by atoms with Gasteiger partial charge in [0.25, 0.3) is 0 Å². The van der Waals surface area contributed by atoms with E-state index in [1.807, 2.05) is 12.1 Å². The molecular weight excluding hydrogens is 382 g/mol. The highest BCUT2D eigenvalue weighted by Gasteiger charge is 2.14. The fraction of sp³-hybridized carbons (Fsp3) is 0.400. The van der Waals surface area contributed by atoms with Crippen molar-refractivity contribution in [3.05, 3.63) is 59.2 Å². The lowest BCUT2D eigenvalue weighted by Gasteiger charge is -2.13. The van der Waals surface area contributed by atoms with Crippen molar-refractivity contribution in [3.63, 3.8) is 0 Å². The summed E-state index contributed by atoms with van der Waals surface area (Å²) in [6, 6.07) is 10.5. The molecule has 0 radical (unpaired) electrons. The molecule has 8 heteroatoms. The first-order valence-electron chi connectivity index (χ1n) is 8.94. The zero-order valence-corrected chi connectivity index (χ0v) is 16.8. The maximum atomic E-state index is 11.3. The van der Waals surface area contributed by atoms with Gasteiger partial charge in [0.1, 0.15) is 11.4 Å². The van der Waals surface area contributed by atoms with E-state index in [1.54, 1.807) is 24.3 Å². The number of halogens is 1. The number of esters is 2. The fourth-order valence-corrected chi connectivity index (χ4v) is 2.88. The summed E-state index contributed by atoms with van der Waals surface area (Å²) in [6.45, 7) is 3.08. The monoisotopic (exact) mass is 405 g/mol. The van der Waals surface area contributed by atoms with E-state index in [9.17, 15) is 9.59 Å². The molecule has 2 aromatic rings. The number of likely N-dealkylation sites (tertiary alicyclic amines) is 1. The van der Waals surface area contributed by atoms with E-state index in [0.29, 0.717) is 17.3 Å². The molecule has 1 saturated heterocycles. The van der Waals surface area contributed by atoms with Gasteiger partial charge in [-0.1, -0.05) is 12.1 Å².